The van der Waals surface area contributed by atoms with Gasteiger partial charge in [0, 0.05) is 11.1 Å². The minimum atomic E-state index is -4.11. The number of hydrogen-bond acceptors (Lipinski definition) is 10. The van der Waals surface area contributed by atoms with Gasteiger partial charge in [0.2, 0.25) is 0 Å². The highest BCUT2D eigenvalue weighted by molar-refractivity contribution is 7.87. The molecule has 0 saturated heterocycles. The van der Waals surface area contributed by atoms with E-state index in [1.165, 1.54) is 20.8 Å². The van der Waals surface area contributed by atoms with E-state index in [-0.39, 0.29) is 17.6 Å². The summed E-state index contributed by atoms with van der Waals surface area (Å²) < 4.78 is 42.1. The quantitative estimate of drug-likeness (QED) is 0.207. The number of carbonyl (C=O) groups excluding carboxylic acids is 3. The topological polar surface area (TPSA) is 148 Å². The number of hydrogen-bond donors (Lipinski definition) is 1. The zero-order chi connectivity index (χ0) is 22.1. The molecule has 160 valence electrons. The normalized spacial score (nSPS) is 12.6. The highest BCUT2D eigenvalue weighted by atomic mass is 32.2. The van der Waals surface area contributed by atoms with Crippen molar-refractivity contribution in [3.63, 3.8) is 0 Å². The van der Waals surface area contributed by atoms with Crippen LogP contribution in [0.15, 0.2) is 24.3 Å². The highest BCUT2D eigenvalue weighted by Crippen LogP contribution is 2.27. The van der Waals surface area contributed by atoms with Crippen molar-refractivity contribution in [3.8, 4) is 0 Å². The molecule has 11 heteroatoms. The van der Waals surface area contributed by atoms with Gasteiger partial charge in [-0.15, -0.1) is 0 Å². The SMILES string of the molecule is C=C(C)C(=O)OCC(CC)(COC(=O)C(=C)C)C(=O)OCC(C)S(=O)(=O)ON. The molecule has 10 nitrogen and oxygen atoms in total. The van der Waals surface area contributed by atoms with E-state index in [0.717, 1.165) is 0 Å². The summed E-state index contributed by atoms with van der Waals surface area (Å²) in [6.07, 6.45) is 0.0628. The zero-order valence-electron chi connectivity index (χ0n) is 16.5. The van der Waals surface area contributed by atoms with Crippen molar-refractivity contribution in [1.29, 1.82) is 0 Å². The van der Waals surface area contributed by atoms with Crippen molar-refractivity contribution in [3.05, 3.63) is 24.3 Å². The molecule has 0 saturated carbocycles. The van der Waals surface area contributed by atoms with Crippen LogP contribution in [0.3, 0.4) is 0 Å². The fourth-order valence-corrected chi connectivity index (χ4v) is 2.11. The van der Waals surface area contributed by atoms with Gasteiger partial charge in [-0.2, -0.15) is 18.6 Å². The van der Waals surface area contributed by atoms with E-state index in [0.29, 0.717) is 0 Å². The summed E-state index contributed by atoms with van der Waals surface area (Å²) in [5.74, 6) is 2.27. The summed E-state index contributed by atoms with van der Waals surface area (Å²) in [5.41, 5.74) is -1.34. The average molecular weight is 421 g/mol. The van der Waals surface area contributed by atoms with Crippen molar-refractivity contribution < 1.29 is 41.3 Å². The molecule has 0 amide bonds. The van der Waals surface area contributed by atoms with Crippen LogP contribution in [-0.4, -0.2) is 51.4 Å². The van der Waals surface area contributed by atoms with E-state index in [1.807, 2.05) is 0 Å². The van der Waals surface area contributed by atoms with Crippen LogP contribution in [0, 0.1) is 5.41 Å². The van der Waals surface area contributed by atoms with E-state index in [2.05, 4.69) is 23.3 Å². The zero-order valence-corrected chi connectivity index (χ0v) is 17.3. The summed E-state index contributed by atoms with van der Waals surface area (Å²) in [5, 5.41) is -1.24. The predicted octanol–water partition coefficient (Wildman–Crippen LogP) is 0.773. The van der Waals surface area contributed by atoms with Gasteiger partial charge in [-0.25, -0.2) is 9.59 Å². The van der Waals surface area contributed by atoms with Crippen molar-refractivity contribution in [2.45, 2.75) is 39.4 Å². The lowest BCUT2D eigenvalue weighted by Gasteiger charge is -2.29. The Balaban J connectivity index is 5.44. The minimum absolute atomic E-state index is 0.0628. The summed E-state index contributed by atoms with van der Waals surface area (Å²) in [7, 11) is -4.11. The van der Waals surface area contributed by atoms with Crippen molar-refractivity contribution in [1.82, 2.24) is 0 Å². The Morgan fingerprint density at radius 3 is 1.75 bits per heavy atom. The molecule has 0 radical (unpaired) electrons. The average Bonchev–Trinajstić information content (AvgIpc) is 2.65. The van der Waals surface area contributed by atoms with Gasteiger partial charge >= 0.3 is 17.9 Å². The number of esters is 3. The number of rotatable bonds is 12. The fraction of sp³-hybridized carbons (Fsp3) is 0.588. The molecule has 0 aromatic rings. The predicted molar refractivity (Wildman–Crippen MR) is 98.9 cm³/mol. The molecule has 0 aliphatic carbocycles. The number of carbonyl (C=O) groups is 3. The maximum Gasteiger partial charge on any atom is 0.333 e. The van der Waals surface area contributed by atoms with Crippen LogP contribution in [0.2, 0.25) is 0 Å². The van der Waals surface area contributed by atoms with Crippen LogP contribution < -0.4 is 5.90 Å². The molecule has 0 bridgehead atoms. The first-order chi connectivity index (χ1) is 12.8. The largest absolute Gasteiger partial charge is 0.464 e. The molecule has 0 aliphatic heterocycles. The molecular weight excluding hydrogens is 394 g/mol. The summed E-state index contributed by atoms with van der Waals surface area (Å²) in [4.78, 5) is 36.1. The summed E-state index contributed by atoms with van der Waals surface area (Å²) in [6, 6.07) is 0. The molecule has 0 fully saturated rings. The van der Waals surface area contributed by atoms with Crippen LogP contribution in [0.25, 0.3) is 0 Å². The summed E-state index contributed by atoms with van der Waals surface area (Å²) >= 11 is 0. The standard InChI is InChI=1S/C17H27NO9S/c1-7-17(9-25-14(19)11(2)3,10-26-15(20)12(4)5)16(21)24-8-13(6)28(22,23)27-18/h13H,2,4,7-10,18H2,1,3,5-6H3. The fourth-order valence-electron chi connectivity index (χ4n) is 1.69. The Morgan fingerprint density at radius 2 is 1.43 bits per heavy atom. The summed E-state index contributed by atoms with van der Waals surface area (Å²) in [6.45, 7) is 11.0. The van der Waals surface area contributed by atoms with Gasteiger partial charge < -0.3 is 14.2 Å². The Morgan fingerprint density at radius 1 is 1.00 bits per heavy atom. The van der Waals surface area contributed by atoms with Gasteiger partial charge in [0.15, 0.2) is 0 Å². The van der Waals surface area contributed by atoms with Gasteiger partial charge in [0.1, 0.15) is 30.5 Å². The molecule has 0 heterocycles. The first-order valence-corrected chi connectivity index (χ1v) is 9.74. The molecular formula is C17H27NO9S. The Hall–Kier alpha value is -2.24. The second-order valence-electron chi connectivity index (χ2n) is 6.34. The van der Waals surface area contributed by atoms with E-state index in [4.69, 9.17) is 14.2 Å². The maximum atomic E-state index is 12.7. The lowest BCUT2D eigenvalue weighted by molar-refractivity contribution is -0.170. The van der Waals surface area contributed by atoms with Crippen LogP contribution >= 0.6 is 0 Å². The van der Waals surface area contributed by atoms with Crippen LogP contribution in [0.5, 0.6) is 0 Å². The smallest absolute Gasteiger partial charge is 0.333 e. The number of nitrogens with two attached hydrogens (primary N) is 1. The monoisotopic (exact) mass is 421 g/mol. The second-order valence-corrected chi connectivity index (χ2v) is 8.33. The van der Waals surface area contributed by atoms with Crippen LogP contribution in [0.1, 0.15) is 34.1 Å². The third-order valence-electron chi connectivity index (χ3n) is 3.84. The highest BCUT2D eigenvalue weighted by Gasteiger charge is 2.42. The lowest BCUT2D eigenvalue weighted by atomic mass is 9.87. The van der Waals surface area contributed by atoms with Gasteiger partial charge in [0.05, 0.1) is 0 Å². The van der Waals surface area contributed by atoms with Gasteiger partial charge in [-0.1, -0.05) is 20.1 Å². The van der Waals surface area contributed by atoms with Gasteiger partial charge in [-0.05, 0) is 27.2 Å². The molecule has 28 heavy (non-hydrogen) atoms. The third-order valence-corrected chi connectivity index (χ3v) is 5.23. The lowest BCUT2D eigenvalue weighted by Crippen LogP contribution is -2.43. The second kappa shape index (κ2) is 10.9. The Kier molecular flexibility index (Phi) is 10.1. The molecule has 0 spiro atoms. The molecule has 0 aromatic carbocycles. The Bertz CT molecular complexity index is 697. The molecule has 1 unspecified atom stereocenters. The minimum Gasteiger partial charge on any atom is -0.464 e. The van der Waals surface area contributed by atoms with Crippen molar-refractivity contribution >= 4 is 28.0 Å². The molecule has 0 aliphatic rings. The van der Waals surface area contributed by atoms with E-state index < -0.39 is 58.5 Å². The first kappa shape index (κ1) is 25.8. The van der Waals surface area contributed by atoms with Gasteiger partial charge in [-0.3, -0.25) is 4.79 Å². The Labute approximate surface area is 164 Å². The van der Waals surface area contributed by atoms with E-state index >= 15 is 0 Å². The number of ether oxygens (including phenoxy) is 3. The molecule has 0 rings (SSSR count). The first-order valence-electron chi connectivity index (χ1n) is 8.27. The maximum absolute atomic E-state index is 12.7. The van der Waals surface area contributed by atoms with Crippen LogP contribution in [0.4, 0.5) is 0 Å². The van der Waals surface area contributed by atoms with E-state index in [9.17, 15) is 22.8 Å². The molecule has 0 aromatic heterocycles. The van der Waals surface area contributed by atoms with Crippen molar-refractivity contribution in [2.24, 2.45) is 11.3 Å². The molecule has 2 N–H and O–H groups in total. The van der Waals surface area contributed by atoms with Crippen molar-refractivity contribution in [2.75, 3.05) is 19.8 Å². The van der Waals surface area contributed by atoms with E-state index in [1.54, 1.807) is 6.92 Å². The van der Waals surface area contributed by atoms with Gasteiger partial charge in [0.25, 0.3) is 10.1 Å². The van der Waals surface area contributed by atoms with Crippen LogP contribution in [-0.2, 0) is 43.0 Å². The third kappa shape index (κ3) is 7.41. The molecule has 1 atom stereocenters.